The maximum atomic E-state index is 5.84. The summed E-state index contributed by atoms with van der Waals surface area (Å²) in [5, 5.41) is 0. The molecule has 2 aromatic rings. The number of hydrogen-bond acceptors (Lipinski definition) is 2. The van der Waals surface area contributed by atoms with Gasteiger partial charge >= 0.3 is 0 Å². The molecule has 0 aliphatic heterocycles. The van der Waals surface area contributed by atoms with Crippen molar-refractivity contribution in [1.29, 1.82) is 0 Å². The normalized spacial score (nSPS) is 12.3. The molecule has 2 nitrogen and oxygen atoms in total. The number of benzene rings is 2. The van der Waals surface area contributed by atoms with Gasteiger partial charge < -0.3 is 10.5 Å². The first-order chi connectivity index (χ1) is 9.40. The third kappa shape index (κ3) is 4.51. The number of ether oxygens (including phenoxy) is 1. The van der Waals surface area contributed by atoms with Crippen molar-refractivity contribution in [2.45, 2.75) is 18.9 Å². The highest BCUT2D eigenvalue weighted by Crippen LogP contribution is 2.18. The first-order valence-corrected chi connectivity index (χ1v) is 6.77. The van der Waals surface area contributed by atoms with Gasteiger partial charge in [-0.3, -0.25) is 0 Å². The van der Waals surface area contributed by atoms with Crippen molar-refractivity contribution in [1.82, 2.24) is 0 Å². The standard InChI is InChI=1S/C17H21NO/c18-13-17(16-9-5-2-6-10-16)11-12-19-14-15-7-3-1-4-8-15/h1-10,17H,11-14,18H2. The fourth-order valence-corrected chi connectivity index (χ4v) is 2.14. The van der Waals surface area contributed by atoms with Crippen LogP contribution in [0.1, 0.15) is 23.5 Å². The van der Waals surface area contributed by atoms with Crippen molar-refractivity contribution in [3.8, 4) is 0 Å². The first-order valence-electron chi connectivity index (χ1n) is 6.77. The molecule has 19 heavy (non-hydrogen) atoms. The van der Waals surface area contributed by atoms with E-state index in [1.807, 2.05) is 24.3 Å². The Labute approximate surface area is 115 Å². The number of nitrogens with two attached hydrogens (primary N) is 1. The molecule has 0 saturated carbocycles. The fourth-order valence-electron chi connectivity index (χ4n) is 2.14. The van der Waals surface area contributed by atoms with Gasteiger partial charge in [0, 0.05) is 6.61 Å². The molecule has 0 fully saturated rings. The monoisotopic (exact) mass is 255 g/mol. The van der Waals surface area contributed by atoms with Crippen LogP contribution >= 0.6 is 0 Å². The minimum Gasteiger partial charge on any atom is -0.377 e. The molecule has 2 rings (SSSR count). The van der Waals surface area contributed by atoms with Crippen LogP contribution in [-0.2, 0) is 11.3 Å². The lowest BCUT2D eigenvalue weighted by Crippen LogP contribution is -2.14. The zero-order chi connectivity index (χ0) is 13.3. The van der Waals surface area contributed by atoms with E-state index in [-0.39, 0.29) is 0 Å². The minimum absolute atomic E-state index is 0.386. The summed E-state index contributed by atoms with van der Waals surface area (Å²) in [7, 11) is 0. The highest BCUT2D eigenvalue weighted by Gasteiger charge is 2.08. The Balaban J connectivity index is 1.75. The third-order valence-corrected chi connectivity index (χ3v) is 3.28. The van der Waals surface area contributed by atoms with E-state index in [9.17, 15) is 0 Å². The molecule has 1 atom stereocenters. The van der Waals surface area contributed by atoms with Crippen LogP contribution in [0.3, 0.4) is 0 Å². The quantitative estimate of drug-likeness (QED) is 0.770. The average molecular weight is 255 g/mol. The maximum absolute atomic E-state index is 5.84. The van der Waals surface area contributed by atoms with Gasteiger partial charge in [-0.15, -0.1) is 0 Å². The largest absolute Gasteiger partial charge is 0.377 e. The Morgan fingerprint density at radius 3 is 2.16 bits per heavy atom. The van der Waals surface area contributed by atoms with Gasteiger partial charge in [0.1, 0.15) is 0 Å². The number of hydrogen-bond donors (Lipinski definition) is 1. The molecule has 0 aliphatic carbocycles. The van der Waals surface area contributed by atoms with Gasteiger partial charge in [0.15, 0.2) is 0 Å². The van der Waals surface area contributed by atoms with Crippen LogP contribution in [0.5, 0.6) is 0 Å². The highest BCUT2D eigenvalue weighted by molar-refractivity contribution is 5.19. The Morgan fingerprint density at radius 2 is 1.53 bits per heavy atom. The van der Waals surface area contributed by atoms with Gasteiger partial charge in [-0.1, -0.05) is 60.7 Å². The zero-order valence-electron chi connectivity index (χ0n) is 11.2. The summed E-state index contributed by atoms with van der Waals surface area (Å²) >= 11 is 0. The van der Waals surface area contributed by atoms with E-state index in [4.69, 9.17) is 10.5 Å². The molecule has 2 N–H and O–H groups in total. The molecule has 2 heteroatoms. The molecular weight excluding hydrogens is 234 g/mol. The van der Waals surface area contributed by atoms with E-state index in [1.54, 1.807) is 0 Å². The Morgan fingerprint density at radius 1 is 0.895 bits per heavy atom. The summed E-state index contributed by atoms with van der Waals surface area (Å²) < 4.78 is 5.72. The summed E-state index contributed by atoms with van der Waals surface area (Å²) in [6.45, 7) is 2.08. The maximum Gasteiger partial charge on any atom is 0.0716 e. The highest BCUT2D eigenvalue weighted by atomic mass is 16.5. The van der Waals surface area contributed by atoms with Crippen LogP contribution in [0.15, 0.2) is 60.7 Å². The van der Waals surface area contributed by atoms with Crippen molar-refractivity contribution >= 4 is 0 Å². The molecule has 1 unspecified atom stereocenters. The fraction of sp³-hybridized carbons (Fsp3) is 0.294. The van der Waals surface area contributed by atoms with Crippen molar-refractivity contribution in [2.75, 3.05) is 13.2 Å². The average Bonchev–Trinajstić information content (AvgIpc) is 2.49. The van der Waals surface area contributed by atoms with Gasteiger partial charge in [0.25, 0.3) is 0 Å². The molecule has 0 amide bonds. The topological polar surface area (TPSA) is 35.2 Å². The molecule has 0 aliphatic rings. The van der Waals surface area contributed by atoms with Crippen molar-refractivity contribution in [3.05, 3.63) is 71.8 Å². The molecule has 0 saturated heterocycles. The second-order valence-corrected chi connectivity index (χ2v) is 4.67. The lowest BCUT2D eigenvalue weighted by atomic mass is 9.96. The molecule has 0 spiro atoms. The molecular formula is C17H21NO. The van der Waals surface area contributed by atoms with E-state index >= 15 is 0 Å². The van der Waals surface area contributed by atoms with Gasteiger partial charge in [-0.05, 0) is 30.0 Å². The summed E-state index contributed by atoms with van der Waals surface area (Å²) in [6.07, 6.45) is 0.966. The lowest BCUT2D eigenvalue weighted by Gasteiger charge is -2.15. The van der Waals surface area contributed by atoms with E-state index in [0.29, 0.717) is 19.1 Å². The Kier molecular flexibility index (Phi) is 5.60. The van der Waals surface area contributed by atoms with Crippen LogP contribution in [0.4, 0.5) is 0 Å². The summed E-state index contributed by atoms with van der Waals surface area (Å²) in [5.41, 5.74) is 8.36. The van der Waals surface area contributed by atoms with E-state index in [2.05, 4.69) is 36.4 Å². The second-order valence-electron chi connectivity index (χ2n) is 4.67. The smallest absolute Gasteiger partial charge is 0.0716 e. The van der Waals surface area contributed by atoms with Gasteiger partial charge in [0.05, 0.1) is 6.61 Å². The first kappa shape index (κ1) is 13.8. The minimum atomic E-state index is 0.386. The van der Waals surface area contributed by atoms with Crippen LogP contribution in [0, 0.1) is 0 Å². The molecule has 2 aromatic carbocycles. The van der Waals surface area contributed by atoms with Gasteiger partial charge in [-0.25, -0.2) is 0 Å². The summed E-state index contributed by atoms with van der Waals surface area (Å²) in [6, 6.07) is 20.7. The predicted molar refractivity (Wildman–Crippen MR) is 79.0 cm³/mol. The van der Waals surface area contributed by atoms with E-state index in [1.165, 1.54) is 11.1 Å². The number of rotatable bonds is 7. The third-order valence-electron chi connectivity index (χ3n) is 3.28. The van der Waals surface area contributed by atoms with Crippen LogP contribution in [0.2, 0.25) is 0 Å². The molecule has 100 valence electrons. The van der Waals surface area contributed by atoms with Crippen molar-refractivity contribution in [3.63, 3.8) is 0 Å². The van der Waals surface area contributed by atoms with Gasteiger partial charge in [-0.2, -0.15) is 0 Å². The molecule has 0 heterocycles. The Bertz CT molecular complexity index is 455. The van der Waals surface area contributed by atoms with E-state index in [0.717, 1.165) is 13.0 Å². The van der Waals surface area contributed by atoms with Crippen LogP contribution in [-0.4, -0.2) is 13.2 Å². The van der Waals surface area contributed by atoms with Crippen molar-refractivity contribution in [2.24, 2.45) is 5.73 Å². The summed E-state index contributed by atoms with van der Waals surface area (Å²) in [5.74, 6) is 0.386. The molecule has 0 bridgehead atoms. The van der Waals surface area contributed by atoms with Crippen LogP contribution < -0.4 is 5.73 Å². The van der Waals surface area contributed by atoms with Gasteiger partial charge in [0.2, 0.25) is 0 Å². The van der Waals surface area contributed by atoms with Crippen molar-refractivity contribution < 1.29 is 4.74 Å². The molecule has 0 aromatic heterocycles. The SMILES string of the molecule is NCC(CCOCc1ccccc1)c1ccccc1. The summed E-state index contributed by atoms with van der Waals surface area (Å²) in [4.78, 5) is 0. The second kappa shape index (κ2) is 7.72. The lowest BCUT2D eigenvalue weighted by molar-refractivity contribution is 0.114. The van der Waals surface area contributed by atoms with Crippen LogP contribution in [0.25, 0.3) is 0 Å². The predicted octanol–water partition coefficient (Wildman–Crippen LogP) is 3.34. The zero-order valence-corrected chi connectivity index (χ0v) is 11.2. The van der Waals surface area contributed by atoms with E-state index < -0.39 is 0 Å². The molecule has 0 radical (unpaired) electrons. The Hall–Kier alpha value is -1.64.